The standard InChI is InChI=1S/C62H100N2O10/c1-37(14-12-26-65)45-18-20-47-55-49(33-53(71-9)61(45,47)5)59(3)24-22-43(29-41(59)31-51(55)69-7)73-57(67)63-35-39-16-11-17-40(28-39)36-64-58(68)74-44-23-25-60(4)42(30-44)32-52(70-8)56-48-21-19-46(38(2)15-13-27-66)62(48,6)54(72-10)34-50(56)60/h11,16-17,28,37-38,41-56,65-66H,12-15,18-27,29-36H2,1-10H3,(H,63,67)(H,64,68)/t37-,38-,41+,42+,43-,44-,45-,46-,47+,48+,49+,50+,51-,52-,53+,54+,55+,56+,59+,60+,61-,62-/m1/s1. The molecule has 12 nitrogen and oxygen atoms in total. The number of alkyl carbamates (subject to hydrolysis) is 2. The van der Waals surface area contributed by atoms with Gasteiger partial charge in [0.2, 0.25) is 0 Å². The molecule has 0 saturated heterocycles. The molecule has 22 atom stereocenters. The second-order valence-corrected chi connectivity index (χ2v) is 26.8. The van der Waals surface area contributed by atoms with E-state index in [9.17, 15) is 19.8 Å². The van der Waals surface area contributed by atoms with Gasteiger partial charge >= 0.3 is 12.2 Å². The lowest BCUT2D eigenvalue weighted by Gasteiger charge is -2.64. The lowest BCUT2D eigenvalue weighted by atomic mass is 9.43. The highest BCUT2D eigenvalue weighted by Gasteiger charge is 2.68. The fourth-order valence-electron chi connectivity index (χ4n) is 20.4. The molecule has 4 N–H and O–H groups in total. The first-order valence-corrected chi connectivity index (χ1v) is 29.8. The highest BCUT2D eigenvalue weighted by Crippen LogP contribution is 2.71. The van der Waals surface area contributed by atoms with Crippen molar-refractivity contribution in [3.8, 4) is 0 Å². The van der Waals surface area contributed by atoms with E-state index < -0.39 is 0 Å². The van der Waals surface area contributed by atoms with Crippen molar-refractivity contribution >= 4 is 12.2 Å². The van der Waals surface area contributed by atoms with E-state index in [0.29, 0.717) is 84.1 Å². The molecule has 1 aromatic carbocycles. The topological polar surface area (TPSA) is 154 Å². The van der Waals surface area contributed by atoms with Gasteiger partial charge in [0.05, 0.1) is 24.4 Å². The number of hydrogen-bond acceptors (Lipinski definition) is 10. The fraction of sp³-hybridized carbons (Fsp3) is 0.871. The molecule has 0 aromatic heterocycles. The normalized spacial score (nSPS) is 44.1. The molecule has 2 amide bonds. The fourth-order valence-corrected chi connectivity index (χ4v) is 20.4. The molecule has 8 fully saturated rings. The third-order valence-electron chi connectivity index (χ3n) is 24.1. The molecule has 0 aliphatic heterocycles. The molecule has 1 aromatic rings. The first kappa shape index (κ1) is 56.2. The highest BCUT2D eigenvalue weighted by molar-refractivity contribution is 5.68. The molecule has 0 heterocycles. The molecule has 8 saturated carbocycles. The second-order valence-electron chi connectivity index (χ2n) is 26.8. The van der Waals surface area contributed by atoms with Gasteiger partial charge in [-0.1, -0.05) is 65.8 Å². The first-order chi connectivity index (χ1) is 35.5. The summed E-state index contributed by atoms with van der Waals surface area (Å²) in [6, 6.07) is 7.99. The maximum Gasteiger partial charge on any atom is 0.407 e. The summed E-state index contributed by atoms with van der Waals surface area (Å²) in [4.78, 5) is 26.9. The lowest BCUT2D eigenvalue weighted by molar-refractivity contribution is -0.217. The number of aliphatic hydroxyl groups is 2. The Bertz CT molecular complexity index is 1920. The Morgan fingerprint density at radius 1 is 0.581 bits per heavy atom. The Balaban J connectivity index is 0.745. The Morgan fingerprint density at radius 3 is 1.38 bits per heavy atom. The van der Waals surface area contributed by atoms with Gasteiger partial charge in [-0.2, -0.15) is 0 Å². The number of carbonyl (C=O) groups excluding carboxylic acids is 2. The molecule has 0 bridgehead atoms. The van der Waals surface area contributed by atoms with Crippen LogP contribution in [-0.2, 0) is 41.5 Å². The number of methoxy groups -OCH3 is 4. The molecule has 0 unspecified atom stereocenters. The predicted octanol–water partition coefficient (Wildman–Crippen LogP) is 11.5. The van der Waals surface area contributed by atoms with Crippen LogP contribution in [-0.4, -0.2) is 101 Å². The van der Waals surface area contributed by atoms with Crippen LogP contribution in [0.5, 0.6) is 0 Å². The quantitative estimate of drug-likeness (QED) is 0.112. The van der Waals surface area contributed by atoms with Crippen LogP contribution in [0, 0.1) is 92.7 Å². The van der Waals surface area contributed by atoms with Crippen molar-refractivity contribution in [3.63, 3.8) is 0 Å². The summed E-state index contributed by atoms with van der Waals surface area (Å²) in [5.74, 6) is 6.14. The van der Waals surface area contributed by atoms with E-state index in [-0.39, 0.29) is 83.7 Å². The summed E-state index contributed by atoms with van der Waals surface area (Å²) in [5.41, 5.74) is 2.34. The van der Waals surface area contributed by atoms with E-state index >= 15 is 0 Å². The van der Waals surface area contributed by atoms with Crippen molar-refractivity contribution < 1.29 is 48.2 Å². The van der Waals surface area contributed by atoms with E-state index in [0.717, 1.165) is 101 Å². The van der Waals surface area contributed by atoms with Gasteiger partial charge in [-0.25, -0.2) is 9.59 Å². The first-order valence-electron chi connectivity index (χ1n) is 29.8. The summed E-state index contributed by atoms with van der Waals surface area (Å²) in [6.45, 7) is 16.1. The maximum absolute atomic E-state index is 13.4. The lowest BCUT2D eigenvalue weighted by Crippen LogP contribution is -2.63. The average Bonchev–Trinajstić information content (AvgIpc) is 3.95. The summed E-state index contributed by atoms with van der Waals surface area (Å²) < 4.78 is 38.3. The van der Waals surface area contributed by atoms with Crippen molar-refractivity contribution in [1.82, 2.24) is 10.6 Å². The second kappa shape index (κ2) is 23.1. The molecule has 8 aliphatic rings. The van der Waals surface area contributed by atoms with Crippen molar-refractivity contribution in [1.29, 1.82) is 0 Å². The van der Waals surface area contributed by atoms with E-state index in [2.05, 4.69) is 52.2 Å². The number of rotatable bonds is 18. The number of aliphatic hydroxyl groups excluding tert-OH is 2. The molecular weight excluding hydrogens is 933 g/mol. The van der Waals surface area contributed by atoms with Crippen molar-refractivity contribution in [2.24, 2.45) is 92.7 Å². The van der Waals surface area contributed by atoms with Crippen LogP contribution < -0.4 is 10.6 Å². The molecule has 9 rings (SSSR count). The van der Waals surface area contributed by atoms with Crippen molar-refractivity contribution in [3.05, 3.63) is 35.4 Å². The summed E-state index contributed by atoms with van der Waals surface area (Å²) in [5, 5.41) is 25.3. The molecule has 0 radical (unpaired) electrons. The minimum absolute atomic E-state index is 0.0921. The summed E-state index contributed by atoms with van der Waals surface area (Å²) >= 11 is 0. The largest absolute Gasteiger partial charge is 0.446 e. The van der Waals surface area contributed by atoms with Gasteiger partial charge in [-0.05, 0) is 209 Å². The number of amides is 2. The van der Waals surface area contributed by atoms with Gasteiger partial charge in [-0.3, -0.25) is 0 Å². The van der Waals surface area contributed by atoms with Gasteiger partial charge in [0.1, 0.15) is 12.2 Å². The Hall–Kier alpha value is -2.48. The third kappa shape index (κ3) is 10.1. The number of ether oxygens (including phenoxy) is 6. The Kier molecular flexibility index (Phi) is 17.5. The van der Waals surface area contributed by atoms with Crippen LogP contribution in [0.1, 0.15) is 168 Å². The van der Waals surface area contributed by atoms with Crippen LogP contribution in [0.3, 0.4) is 0 Å². The zero-order valence-corrected chi connectivity index (χ0v) is 47.4. The van der Waals surface area contributed by atoms with E-state index in [4.69, 9.17) is 28.4 Å². The van der Waals surface area contributed by atoms with E-state index in [1.807, 2.05) is 52.7 Å². The van der Waals surface area contributed by atoms with Crippen LogP contribution in [0.4, 0.5) is 9.59 Å². The minimum Gasteiger partial charge on any atom is -0.446 e. The highest BCUT2D eigenvalue weighted by atomic mass is 16.6. The SMILES string of the molecule is CO[C@H]1C[C@H]2[C@@H]([C@H](OC)C[C@@H]3C[C@H](OC(=O)NCc4cccc(CNC(=O)O[C@@H]5CC[C@@]6(C)[C@@H](C5)C[C@@H](OC)[C@@H]5[C@@H]6C[C@H](OC)[C@]6(C)[C@@H]([C@H](C)CCCO)CC[C@@H]56)c4)CC[C@@]32C)[C@@H]2CC[C@H]([C@H](C)CCCO)[C@@]12C. The monoisotopic (exact) mass is 1030 g/mol. The average molecular weight is 1030 g/mol. The Morgan fingerprint density at radius 2 is 1.00 bits per heavy atom. The number of carbonyl (C=O) groups is 2. The van der Waals surface area contributed by atoms with Crippen LogP contribution in [0.15, 0.2) is 24.3 Å². The molecule has 12 heteroatoms. The van der Waals surface area contributed by atoms with E-state index in [1.165, 1.54) is 25.7 Å². The molecular formula is C62H100N2O10. The van der Waals surface area contributed by atoms with Crippen molar-refractivity contribution in [2.75, 3.05) is 41.7 Å². The van der Waals surface area contributed by atoms with E-state index in [1.54, 1.807) is 0 Å². The minimum atomic E-state index is -0.385. The van der Waals surface area contributed by atoms with Gasteiger partial charge in [0.15, 0.2) is 0 Å². The van der Waals surface area contributed by atoms with Crippen LogP contribution in [0.2, 0.25) is 0 Å². The number of fused-ring (bicyclic) bond motifs is 10. The molecule has 74 heavy (non-hydrogen) atoms. The van der Waals surface area contributed by atoms with Gasteiger partial charge in [0.25, 0.3) is 0 Å². The zero-order chi connectivity index (χ0) is 52.7. The molecule has 0 spiro atoms. The Labute approximate surface area is 446 Å². The zero-order valence-electron chi connectivity index (χ0n) is 47.4. The predicted molar refractivity (Wildman–Crippen MR) is 287 cm³/mol. The van der Waals surface area contributed by atoms with Gasteiger partial charge in [-0.15, -0.1) is 0 Å². The number of benzene rings is 1. The van der Waals surface area contributed by atoms with Gasteiger partial charge in [0, 0.05) is 65.6 Å². The summed E-state index contributed by atoms with van der Waals surface area (Å²) in [6.07, 6.45) is 18.0. The van der Waals surface area contributed by atoms with Crippen molar-refractivity contribution in [2.45, 2.75) is 207 Å². The van der Waals surface area contributed by atoms with Crippen LogP contribution in [0.25, 0.3) is 0 Å². The van der Waals surface area contributed by atoms with Crippen LogP contribution >= 0.6 is 0 Å². The molecule has 8 aliphatic carbocycles. The smallest absolute Gasteiger partial charge is 0.407 e. The molecule has 418 valence electrons. The number of nitrogens with one attached hydrogen (secondary N) is 2. The van der Waals surface area contributed by atoms with Gasteiger partial charge < -0.3 is 49.3 Å². The third-order valence-corrected chi connectivity index (χ3v) is 24.1. The maximum atomic E-state index is 13.4. The summed E-state index contributed by atoms with van der Waals surface area (Å²) in [7, 11) is 7.66. The number of hydrogen-bond donors (Lipinski definition) is 4.